The Kier molecular flexibility index (Phi) is 6.00. The standard InChI is InChI=1S/C55H36N2/c1-55(2)48-22-12-10-19-38(48)44-30-47-46-29-42-37-18-8-9-21-40(37)54-36-17-7-6-14-33(36)24-26-41(54)43(42)31-52(46)57(53(47)32-49(44)55)35-25-27-51-45(28-35)39-20-11-13-23-50(39)56(51)34-15-4-3-5-16-34/h3-32H,1-2H3. The van der Waals surface area contributed by atoms with Gasteiger partial charge in [-0.05, 0) is 126 Å². The highest BCUT2D eigenvalue weighted by Gasteiger charge is 2.36. The van der Waals surface area contributed by atoms with E-state index in [0.717, 1.165) is 0 Å². The van der Waals surface area contributed by atoms with E-state index in [0.29, 0.717) is 0 Å². The van der Waals surface area contributed by atoms with Gasteiger partial charge in [-0.15, -0.1) is 0 Å². The first-order valence-corrected chi connectivity index (χ1v) is 20.0. The molecule has 2 heterocycles. The fraction of sp³-hybridized carbons (Fsp3) is 0.0545. The molecule has 2 aromatic heterocycles. The van der Waals surface area contributed by atoms with Crippen LogP contribution in [0.25, 0.3) is 109 Å². The molecule has 266 valence electrons. The molecule has 12 aromatic rings. The van der Waals surface area contributed by atoms with E-state index in [-0.39, 0.29) is 5.41 Å². The Balaban J connectivity index is 1.20. The summed E-state index contributed by atoms with van der Waals surface area (Å²) in [7, 11) is 0. The molecule has 0 fully saturated rings. The molecule has 2 heteroatoms. The van der Waals surface area contributed by atoms with Crippen molar-refractivity contribution >= 4 is 86.7 Å². The van der Waals surface area contributed by atoms with Gasteiger partial charge in [0.1, 0.15) is 0 Å². The monoisotopic (exact) mass is 724 g/mol. The summed E-state index contributed by atoms with van der Waals surface area (Å²) in [5.74, 6) is 0. The molecule has 1 aliphatic rings. The van der Waals surface area contributed by atoms with E-state index in [1.54, 1.807) is 0 Å². The van der Waals surface area contributed by atoms with E-state index >= 15 is 0 Å². The lowest BCUT2D eigenvalue weighted by Crippen LogP contribution is -2.14. The predicted octanol–water partition coefficient (Wildman–Crippen LogP) is 14.8. The highest BCUT2D eigenvalue weighted by Crippen LogP contribution is 2.52. The quantitative estimate of drug-likeness (QED) is 0.157. The maximum atomic E-state index is 2.56. The fourth-order valence-corrected chi connectivity index (χ4v) is 10.7. The van der Waals surface area contributed by atoms with E-state index < -0.39 is 0 Å². The molecule has 0 radical (unpaired) electrons. The van der Waals surface area contributed by atoms with Gasteiger partial charge in [-0.2, -0.15) is 0 Å². The van der Waals surface area contributed by atoms with Crippen molar-refractivity contribution in [2.45, 2.75) is 19.3 Å². The van der Waals surface area contributed by atoms with Crippen LogP contribution in [0.15, 0.2) is 182 Å². The van der Waals surface area contributed by atoms with Gasteiger partial charge in [0, 0.05) is 38.3 Å². The maximum absolute atomic E-state index is 2.56. The van der Waals surface area contributed by atoms with Crippen LogP contribution in [0, 0.1) is 0 Å². The van der Waals surface area contributed by atoms with Crippen LogP contribution >= 0.6 is 0 Å². The predicted molar refractivity (Wildman–Crippen MR) is 243 cm³/mol. The maximum Gasteiger partial charge on any atom is 0.0547 e. The first kappa shape index (κ1) is 31.1. The summed E-state index contributed by atoms with van der Waals surface area (Å²) in [6, 6.07) is 68.2. The van der Waals surface area contributed by atoms with Crippen molar-refractivity contribution in [1.29, 1.82) is 0 Å². The van der Waals surface area contributed by atoms with Crippen LogP contribution < -0.4 is 0 Å². The van der Waals surface area contributed by atoms with Crippen LogP contribution in [0.5, 0.6) is 0 Å². The van der Waals surface area contributed by atoms with Crippen molar-refractivity contribution in [2.75, 3.05) is 0 Å². The van der Waals surface area contributed by atoms with Gasteiger partial charge in [-0.1, -0.05) is 135 Å². The summed E-state index contributed by atoms with van der Waals surface area (Å²) in [6.07, 6.45) is 0. The number of nitrogens with zero attached hydrogens (tertiary/aromatic N) is 2. The number of fused-ring (bicyclic) bond motifs is 17. The SMILES string of the molecule is CC1(C)c2ccccc2-c2cc3c4cc5c6ccccc6c6c7ccccc7ccc6c5cc4n(-c4ccc5c(c4)c4ccccc4n5-c4ccccc4)c3cc21. The van der Waals surface area contributed by atoms with E-state index in [1.807, 2.05) is 0 Å². The smallest absolute Gasteiger partial charge is 0.0547 e. The second-order valence-electron chi connectivity index (χ2n) is 16.5. The van der Waals surface area contributed by atoms with Gasteiger partial charge < -0.3 is 9.13 Å². The van der Waals surface area contributed by atoms with Crippen molar-refractivity contribution < 1.29 is 0 Å². The zero-order valence-corrected chi connectivity index (χ0v) is 31.7. The average Bonchev–Trinajstić information content (AvgIpc) is 3.84. The Morgan fingerprint density at radius 2 is 0.930 bits per heavy atom. The third-order valence-electron chi connectivity index (χ3n) is 13.2. The molecule has 57 heavy (non-hydrogen) atoms. The first-order chi connectivity index (χ1) is 28.0. The molecule has 10 aromatic carbocycles. The van der Waals surface area contributed by atoms with Crippen molar-refractivity contribution in [2.24, 2.45) is 0 Å². The Morgan fingerprint density at radius 3 is 1.81 bits per heavy atom. The topological polar surface area (TPSA) is 9.86 Å². The second kappa shape index (κ2) is 11.0. The Bertz CT molecular complexity index is 3710. The normalized spacial score (nSPS) is 13.6. The van der Waals surface area contributed by atoms with Gasteiger partial charge in [0.15, 0.2) is 0 Å². The van der Waals surface area contributed by atoms with Crippen LogP contribution in [-0.4, -0.2) is 9.13 Å². The van der Waals surface area contributed by atoms with Gasteiger partial charge in [-0.25, -0.2) is 0 Å². The molecule has 0 aliphatic heterocycles. The lowest BCUT2D eigenvalue weighted by Gasteiger charge is -2.21. The van der Waals surface area contributed by atoms with Crippen LogP contribution in [0.1, 0.15) is 25.0 Å². The molecule has 0 spiro atoms. The van der Waals surface area contributed by atoms with E-state index in [1.165, 1.54) is 120 Å². The number of benzene rings is 10. The molecule has 2 nitrogen and oxygen atoms in total. The zero-order chi connectivity index (χ0) is 37.6. The van der Waals surface area contributed by atoms with Gasteiger partial charge in [0.25, 0.3) is 0 Å². The lowest BCUT2D eigenvalue weighted by atomic mass is 9.82. The van der Waals surface area contributed by atoms with Gasteiger partial charge in [-0.3, -0.25) is 0 Å². The summed E-state index contributed by atoms with van der Waals surface area (Å²) in [5.41, 5.74) is 12.6. The summed E-state index contributed by atoms with van der Waals surface area (Å²) in [5, 5.41) is 15.4. The minimum Gasteiger partial charge on any atom is -0.309 e. The molecule has 0 unspecified atom stereocenters. The van der Waals surface area contributed by atoms with E-state index in [2.05, 4.69) is 205 Å². The van der Waals surface area contributed by atoms with Crippen LogP contribution in [0.2, 0.25) is 0 Å². The minimum atomic E-state index is -0.118. The third-order valence-corrected chi connectivity index (χ3v) is 13.2. The van der Waals surface area contributed by atoms with Crippen molar-refractivity contribution in [3.8, 4) is 22.5 Å². The molecule has 0 saturated heterocycles. The van der Waals surface area contributed by atoms with Crippen molar-refractivity contribution in [3.63, 3.8) is 0 Å². The molecular weight excluding hydrogens is 689 g/mol. The third kappa shape index (κ3) is 4.04. The van der Waals surface area contributed by atoms with E-state index in [9.17, 15) is 0 Å². The van der Waals surface area contributed by atoms with Crippen molar-refractivity contribution in [1.82, 2.24) is 9.13 Å². The highest BCUT2D eigenvalue weighted by molar-refractivity contribution is 6.33. The molecule has 0 N–H and O–H groups in total. The van der Waals surface area contributed by atoms with Gasteiger partial charge >= 0.3 is 0 Å². The molecule has 0 atom stereocenters. The number of para-hydroxylation sites is 2. The van der Waals surface area contributed by atoms with Gasteiger partial charge in [0.05, 0.1) is 22.1 Å². The summed E-state index contributed by atoms with van der Waals surface area (Å²) >= 11 is 0. The van der Waals surface area contributed by atoms with Crippen molar-refractivity contribution in [3.05, 3.63) is 193 Å². The fourth-order valence-electron chi connectivity index (χ4n) is 10.7. The average molecular weight is 725 g/mol. The molecule has 0 bridgehead atoms. The Labute approximate surface area is 329 Å². The second-order valence-corrected chi connectivity index (χ2v) is 16.5. The summed E-state index contributed by atoms with van der Waals surface area (Å²) in [6.45, 7) is 4.77. The Morgan fingerprint density at radius 1 is 0.316 bits per heavy atom. The largest absolute Gasteiger partial charge is 0.309 e. The number of aromatic nitrogens is 2. The van der Waals surface area contributed by atoms with Crippen LogP contribution in [0.4, 0.5) is 0 Å². The Hall–Kier alpha value is -7.16. The van der Waals surface area contributed by atoms with Crippen LogP contribution in [0.3, 0.4) is 0 Å². The summed E-state index contributed by atoms with van der Waals surface area (Å²) in [4.78, 5) is 0. The highest BCUT2D eigenvalue weighted by atomic mass is 15.0. The number of rotatable bonds is 2. The minimum absolute atomic E-state index is 0.118. The molecule has 13 rings (SSSR count). The zero-order valence-electron chi connectivity index (χ0n) is 31.7. The first-order valence-electron chi connectivity index (χ1n) is 20.0. The van der Waals surface area contributed by atoms with Crippen LogP contribution in [-0.2, 0) is 5.41 Å². The molecular formula is C55H36N2. The molecule has 0 saturated carbocycles. The lowest BCUT2D eigenvalue weighted by molar-refractivity contribution is 0.661. The van der Waals surface area contributed by atoms with Gasteiger partial charge in [0.2, 0.25) is 0 Å². The molecule has 0 amide bonds. The number of hydrogen-bond acceptors (Lipinski definition) is 0. The van der Waals surface area contributed by atoms with E-state index in [4.69, 9.17) is 0 Å². The number of hydrogen-bond donors (Lipinski definition) is 0. The summed E-state index contributed by atoms with van der Waals surface area (Å²) < 4.78 is 4.96. The molecule has 1 aliphatic carbocycles.